The van der Waals surface area contributed by atoms with Crippen molar-refractivity contribution in [3.8, 4) is 0 Å². The molecule has 1 aromatic rings. The Morgan fingerprint density at radius 1 is 1.42 bits per heavy atom. The van der Waals surface area contributed by atoms with Gasteiger partial charge in [0.05, 0.1) is 19.3 Å². The first-order chi connectivity index (χ1) is 11.7. The van der Waals surface area contributed by atoms with E-state index in [0.29, 0.717) is 6.54 Å². The van der Waals surface area contributed by atoms with Crippen LogP contribution in [0, 0.1) is 0 Å². The van der Waals surface area contributed by atoms with E-state index in [4.69, 9.17) is 4.74 Å². The summed E-state index contributed by atoms with van der Waals surface area (Å²) in [5, 5.41) is 6.66. The maximum atomic E-state index is 5.60. The monoisotopic (exact) mass is 333 g/mol. The number of unbranched alkanes of at least 4 members (excludes halogenated alkanes) is 1. The number of nitrogens with one attached hydrogen (secondary N) is 2. The molecule has 1 atom stereocenters. The van der Waals surface area contributed by atoms with Gasteiger partial charge in [-0.15, -0.1) is 0 Å². The Morgan fingerprint density at radius 2 is 2.29 bits per heavy atom. The maximum absolute atomic E-state index is 5.60. The van der Waals surface area contributed by atoms with Crippen LogP contribution in [0.2, 0.25) is 0 Å². The van der Waals surface area contributed by atoms with Gasteiger partial charge in [-0.1, -0.05) is 13.3 Å². The molecule has 1 fully saturated rings. The number of morpholine rings is 1. The molecular formula is C18H31N5O. The first-order valence-corrected chi connectivity index (χ1v) is 9.06. The van der Waals surface area contributed by atoms with Gasteiger partial charge >= 0.3 is 0 Å². The van der Waals surface area contributed by atoms with E-state index in [0.717, 1.165) is 51.0 Å². The quantitative estimate of drug-likeness (QED) is 0.455. The van der Waals surface area contributed by atoms with Gasteiger partial charge in [0.1, 0.15) is 5.82 Å². The van der Waals surface area contributed by atoms with Crippen LogP contribution in [0.4, 0.5) is 5.82 Å². The fraction of sp³-hybridized carbons (Fsp3) is 0.667. The number of aliphatic imine (C=N–C) groups is 1. The summed E-state index contributed by atoms with van der Waals surface area (Å²) in [5.41, 5.74) is 1.17. The van der Waals surface area contributed by atoms with E-state index in [1.807, 2.05) is 12.3 Å². The zero-order chi connectivity index (χ0) is 17.2. The number of ether oxygens (including phenoxy) is 1. The highest BCUT2D eigenvalue weighted by molar-refractivity contribution is 5.79. The van der Waals surface area contributed by atoms with Gasteiger partial charge in [-0.2, -0.15) is 0 Å². The van der Waals surface area contributed by atoms with Crippen molar-refractivity contribution in [1.82, 2.24) is 15.6 Å². The van der Waals surface area contributed by atoms with E-state index in [1.165, 1.54) is 12.0 Å². The zero-order valence-electron chi connectivity index (χ0n) is 15.2. The van der Waals surface area contributed by atoms with Crippen molar-refractivity contribution in [2.24, 2.45) is 4.99 Å². The van der Waals surface area contributed by atoms with Gasteiger partial charge in [-0.25, -0.2) is 9.98 Å². The number of nitrogens with zero attached hydrogens (tertiary/aromatic N) is 3. The topological polar surface area (TPSA) is 61.8 Å². The fourth-order valence-corrected chi connectivity index (χ4v) is 2.65. The summed E-state index contributed by atoms with van der Waals surface area (Å²) in [6.07, 6.45) is 4.46. The van der Waals surface area contributed by atoms with Crippen LogP contribution < -0.4 is 15.5 Å². The van der Waals surface area contributed by atoms with Crippen LogP contribution in [0.3, 0.4) is 0 Å². The molecule has 1 aromatic heterocycles. The molecule has 2 heterocycles. The first-order valence-electron chi connectivity index (χ1n) is 9.06. The molecule has 134 valence electrons. The second-order valence-electron chi connectivity index (χ2n) is 6.13. The molecule has 1 aliphatic heterocycles. The van der Waals surface area contributed by atoms with Crippen molar-refractivity contribution >= 4 is 11.8 Å². The molecule has 6 heteroatoms. The van der Waals surface area contributed by atoms with Crippen LogP contribution in [0.15, 0.2) is 23.3 Å². The molecule has 0 saturated carbocycles. The van der Waals surface area contributed by atoms with Crippen LogP contribution in [0.25, 0.3) is 0 Å². The molecule has 1 unspecified atom stereocenters. The Hall–Kier alpha value is -1.82. The molecule has 0 spiro atoms. The second-order valence-corrected chi connectivity index (χ2v) is 6.13. The van der Waals surface area contributed by atoms with Crippen LogP contribution >= 0.6 is 0 Å². The number of hydrogen-bond donors (Lipinski definition) is 2. The molecule has 0 aliphatic carbocycles. The van der Waals surface area contributed by atoms with Crippen LogP contribution in [-0.4, -0.2) is 49.8 Å². The van der Waals surface area contributed by atoms with Gasteiger partial charge in [-0.05, 0) is 38.0 Å². The zero-order valence-corrected chi connectivity index (χ0v) is 15.2. The Balaban J connectivity index is 1.97. The molecule has 1 aliphatic rings. The first kappa shape index (κ1) is 18.5. The molecule has 2 N–H and O–H groups in total. The molecular weight excluding hydrogens is 302 g/mol. The van der Waals surface area contributed by atoms with Crippen molar-refractivity contribution in [3.05, 3.63) is 23.9 Å². The molecule has 1 saturated heterocycles. The molecule has 6 nitrogen and oxygen atoms in total. The number of hydrogen-bond acceptors (Lipinski definition) is 4. The van der Waals surface area contributed by atoms with Crippen LogP contribution in [0.5, 0.6) is 0 Å². The van der Waals surface area contributed by atoms with E-state index < -0.39 is 0 Å². The lowest BCUT2D eigenvalue weighted by Crippen LogP contribution is -2.41. The average Bonchev–Trinajstić information content (AvgIpc) is 2.60. The standard InChI is InChI=1S/C18H31N5O/c1-4-6-8-21-18(19-5-2)22-13-16-7-9-20-17(12-16)23-10-11-24-15(3)14-23/h7,9,12,15H,4-6,8,10-11,13-14H2,1-3H3,(H2,19,21,22). The van der Waals surface area contributed by atoms with Crippen molar-refractivity contribution in [2.75, 3.05) is 37.7 Å². The number of anilines is 1. The lowest BCUT2D eigenvalue weighted by molar-refractivity contribution is 0.0529. The van der Waals surface area contributed by atoms with Gasteiger partial charge in [0.25, 0.3) is 0 Å². The molecule has 2 rings (SSSR count). The largest absolute Gasteiger partial charge is 0.375 e. The number of guanidine groups is 1. The molecule has 24 heavy (non-hydrogen) atoms. The summed E-state index contributed by atoms with van der Waals surface area (Å²) in [6.45, 7) is 11.4. The van der Waals surface area contributed by atoms with Crippen molar-refractivity contribution < 1.29 is 4.74 Å². The van der Waals surface area contributed by atoms with Crippen LogP contribution in [-0.2, 0) is 11.3 Å². The predicted molar refractivity (Wildman–Crippen MR) is 99.6 cm³/mol. The minimum Gasteiger partial charge on any atom is -0.375 e. The maximum Gasteiger partial charge on any atom is 0.191 e. The Labute approximate surface area is 145 Å². The molecule has 0 radical (unpaired) electrons. The van der Waals surface area contributed by atoms with Crippen LogP contribution in [0.1, 0.15) is 39.2 Å². The Morgan fingerprint density at radius 3 is 3.04 bits per heavy atom. The molecule has 0 bridgehead atoms. The average molecular weight is 333 g/mol. The SMILES string of the molecule is CCCCNC(=NCc1ccnc(N2CCOC(C)C2)c1)NCC. The van der Waals surface area contributed by atoms with E-state index in [9.17, 15) is 0 Å². The van der Waals surface area contributed by atoms with Crippen molar-refractivity contribution in [1.29, 1.82) is 0 Å². The summed E-state index contributed by atoms with van der Waals surface area (Å²) < 4.78 is 5.60. The smallest absolute Gasteiger partial charge is 0.191 e. The minimum absolute atomic E-state index is 0.255. The van der Waals surface area contributed by atoms with E-state index >= 15 is 0 Å². The number of pyridine rings is 1. The lowest BCUT2D eigenvalue weighted by Gasteiger charge is -2.32. The lowest BCUT2D eigenvalue weighted by atomic mass is 10.2. The summed E-state index contributed by atoms with van der Waals surface area (Å²) in [4.78, 5) is 11.5. The highest BCUT2D eigenvalue weighted by Crippen LogP contribution is 2.16. The van der Waals surface area contributed by atoms with Crippen molar-refractivity contribution in [3.63, 3.8) is 0 Å². The Kier molecular flexibility index (Phi) is 7.82. The highest BCUT2D eigenvalue weighted by Gasteiger charge is 2.17. The highest BCUT2D eigenvalue weighted by atomic mass is 16.5. The molecule has 0 aromatic carbocycles. The van der Waals surface area contributed by atoms with E-state index in [-0.39, 0.29) is 6.10 Å². The van der Waals surface area contributed by atoms with Gasteiger partial charge in [0.2, 0.25) is 0 Å². The van der Waals surface area contributed by atoms with Gasteiger partial charge < -0.3 is 20.3 Å². The third kappa shape index (κ3) is 6.00. The van der Waals surface area contributed by atoms with Crippen molar-refractivity contribution in [2.45, 2.75) is 46.3 Å². The van der Waals surface area contributed by atoms with E-state index in [2.05, 4.69) is 52.3 Å². The number of aromatic nitrogens is 1. The summed E-state index contributed by atoms with van der Waals surface area (Å²) >= 11 is 0. The Bertz CT molecular complexity index is 520. The third-order valence-corrected chi connectivity index (χ3v) is 3.96. The van der Waals surface area contributed by atoms with Gasteiger partial charge in [0, 0.05) is 32.4 Å². The minimum atomic E-state index is 0.255. The normalized spacial score (nSPS) is 18.5. The van der Waals surface area contributed by atoms with Gasteiger partial charge in [-0.3, -0.25) is 0 Å². The molecule has 0 amide bonds. The second kappa shape index (κ2) is 10.1. The predicted octanol–water partition coefficient (Wildman–Crippen LogP) is 2.16. The third-order valence-electron chi connectivity index (χ3n) is 3.96. The fourth-order valence-electron chi connectivity index (χ4n) is 2.65. The van der Waals surface area contributed by atoms with E-state index in [1.54, 1.807) is 0 Å². The number of rotatable bonds is 7. The summed E-state index contributed by atoms with van der Waals surface area (Å²) in [7, 11) is 0. The summed E-state index contributed by atoms with van der Waals surface area (Å²) in [5.74, 6) is 1.89. The summed E-state index contributed by atoms with van der Waals surface area (Å²) in [6, 6.07) is 4.17. The van der Waals surface area contributed by atoms with Gasteiger partial charge in [0.15, 0.2) is 5.96 Å².